The second-order valence-corrected chi connectivity index (χ2v) is 5.84. The highest BCUT2D eigenvalue weighted by molar-refractivity contribution is 6.10. The summed E-state index contributed by atoms with van der Waals surface area (Å²) in [6, 6.07) is 17.3. The summed E-state index contributed by atoms with van der Waals surface area (Å²) in [5, 5.41) is 5.34. The van der Waals surface area contributed by atoms with E-state index in [1.165, 1.54) is 12.1 Å². The van der Waals surface area contributed by atoms with Crippen LogP contribution in [0, 0.1) is 0 Å². The molecule has 3 nitrogen and oxygen atoms in total. The molecule has 0 aliphatic carbocycles. The van der Waals surface area contributed by atoms with Crippen molar-refractivity contribution >= 4 is 33.3 Å². The van der Waals surface area contributed by atoms with Crippen LogP contribution in [0.15, 0.2) is 71.1 Å². The number of carbonyl (C=O) groups excluding carboxylic acids is 1. The summed E-state index contributed by atoms with van der Waals surface area (Å²) in [4.78, 5) is 12.4. The lowest BCUT2D eigenvalue weighted by atomic mass is 10.1. The van der Waals surface area contributed by atoms with Gasteiger partial charge in [0, 0.05) is 11.1 Å². The van der Waals surface area contributed by atoms with E-state index in [0.29, 0.717) is 5.58 Å². The fourth-order valence-electron chi connectivity index (χ4n) is 2.84. The molecule has 0 atom stereocenters. The molecule has 0 saturated heterocycles. The summed E-state index contributed by atoms with van der Waals surface area (Å²) in [6.45, 7) is 0. The first-order chi connectivity index (χ1) is 12.4. The minimum Gasteiger partial charge on any atom is -0.451 e. The molecule has 1 N–H and O–H groups in total. The van der Waals surface area contributed by atoms with Crippen molar-refractivity contribution in [2.75, 3.05) is 5.32 Å². The van der Waals surface area contributed by atoms with Crippen LogP contribution in [0.2, 0.25) is 0 Å². The minimum atomic E-state index is -4.41. The van der Waals surface area contributed by atoms with Crippen molar-refractivity contribution in [2.24, 2.45) is 0 Å². The molecule has 0 fully saturated rings. The number of alkyl halides is 3. The maximum atomic E-state index is 12.6. The van der Waals surface area contributed by atoms with Gasteiger partial charge in [-0.05, 0) is 47.2 Å². The van der Waals surface area contributed by atoms with Crippen LogP contribution in [0.5, 0.6) is 0 Å². The quantitative estimate of drug-likeness (QED) is 0.489. The Morgan fingerprint density at radius 3 is 2.35 bits per heavy atom. The van der Waals surface area contributed by atoms with Crippen molar-refractivity contribution in [2.45, 2.75) is 6.18 Å². The Balaban J connectivity index is 1.63. The highest BCUT2D eigenvalue weighted by Crippen LogP contribution is 2.31. The molecule has 1 aromatic heterocycles. The summed E-state index contributed by atoms with van der Waals surface area (Å²) in [6.07, 6.45) is -4.41. The highest BCUT2D eigenvalue weighted by atomic mass is 19.4. The topological polar surface area (TPSA) is 42.2 Å². The van der Waals surface area contributed by atoms with Crippen LogP contribution in [0.3, 0.4) is 0 Å². The molecule has 6 heteroatoms. The minimum absolute atomic E-state index is 0.0938. The fraction of sp³-hybridized carbons (Fsp3) is 0.0500. The van der Waals surface area contributed by atoms with Gasteiger partial charge in [-0.3, -0.25) is 4.79 Å². The van der Waals surface area contributed by atoms with Gasteiger partial charge in [-0.15, -0.1) is 0 Å². The number of benzene rings is 3. The van der Waals surface area contributed by atoms with Gasteiger partial charge in [0.1, 0.15) is 5.58 Å². The van der Waals surface area contributed by atoms with E-state index in [9.17, 15) is 18.0 Å². The lowest BCUT2D eigenvalue weighted by Crippen LogP contribution is -2.11. The second kappa shape index (κ2) is 5.91. The van der Waals surface area contributed by atoms with Crippen LogP contribution in [0.1, 0.15) is 16.1 Å². The van der Waals surface area contributed by atoms with E-state index in [1.54, 1.807) is 12.1 Å². The van der Waals surface area contributed by atoms with Gasteiger partial charge in [-0.2, -0.15) is 13.2 Å². The predicted molar refractivity (Wildman–Crippen MR) is 93.1 cm³/mol. The molecule has 26 heavy (non-hydrogen) atoms. The average Bonchev–Trinajstić information content (AvgIpc) is 3.06. The second-order valence-electron chi connectivity index (χ2n) is 5.84. The van der Waals surface area contributed by atoms with Crippen LogP contribution in [0.4, 0.5) is 18.9 Å². The Hall–Kier alpha value is -3.28. The molecule has 0 saturated carbocycles. The number of amides is 1. The maximum Gasteiger partial charge on any atom is 0.416 e. The van der Waals surface area contributed by atoms with Crippen molar-refractivity contribution in [1.82, 2.24) is 0 Å². The van der Waals surface area contributed by atoms with E-state index in [2.05, 4.69) is 5.32 Å². The van der Waals surface area contributed by atoms with E-state index < -0.39 is 17.6 Å². The molecule has 130 valence electrons. The third-order valence-corrected chi connectivity index (χ3v) is 4.12. The van der Waals surface area contributed by atoms with Gasteiger partial charge in [0.25, 0.3) is 5.91 Å². The zero-order valence-electron chi connectivity index (χ0n) is 13.3. The van der Waals surface area contributed by atoms with Crippen LogP contribution >= 0.6 is 0 Å². The SMILES string of the molecule is O=C(Nc1ccc(C(F)(F)F)cc1)c1cc2c(ccc3ccccc32)o1. The van der Waals surface area contributed by atoms with E-state index in [4.69, 9.17) is 4.42 Å². The first kappa shape index (κ1) is 16.2. The van der Waals surface area contributed by atoms with Crippen LogP contribution < -0.4 is 5.32 Å². The Morgan fingerprint density at radius 1 is 0.885 bits per heavy atom. The van der Waals surface area contributed by atoms with Gasteiger partial charge in [0.05, 0.1) is 5.56 Å². The fourth-order valence-corrected chi connectivity index (χ4v) is 2.84. The number of rotatable bonds is 2. The van der Waals surface area contributed by atoms with Gasteiger partial charge in [-0.1, -0.05) is 30.3 Å². The Labute approximate surface area is 146 Å². The normalized spacial score (nSPS) is 11.8. The van der Waals surface area contributed by atoms with Gasteiger partial charge in [0.2, 0.25) is 0 Å². The number of anilines is 1. The van der Waals surface area contributed by atoms with Crippen molar-refractivity contribution in [3.8, 4) is 0 Å². The van der Waals surface area contributed by atoms with Gasteiger partial charge < -0.3 is 9.73 Å². The zero-order valence-corrected chi connectivity index (χ0v) is 13.3. The summed E-state index contributed by atoms with van der Waals surface area (Å²) in [5.41, 5.74) is 0.0558. The molecule has 0 radical (unpaired) electrons. The molecule has 1 amide bonds. The van der Waals surface area contributed by atoms with E-state index in [1.807, 2.05) is 30.3 Å². The Morgan fingerprint density at radius 2 is 1.62 bits per heavy atom. The molecule has 0 unspecified atom stereocenters. The first-order valence-electron chi connectivity index (χ1n) is 7.82. The van der Waals surface area contributed by atoms with Crippen LogP contribution in [-0.2, 0) is 6.18 Å². The lowest BCUT2D eigenvalue weighted by molar-refractivity contribution is -0.137. The number of carbonyl (C=O) groups is 1. The van der Waals surface area contributed by atoms with E-state index >= 15 is 0 Å². The molecular weight excluding hydrogens is 343 g/mol. The molecule has 4 rings (SSSR count). The zero-order chi connectivity index (χ0) is 18.3. The van der Waals surface area contributed by atoms with Crippen LogP contribution in [-0.4, -0.2) is 5.91 Å². The standard InChI is InChI=1S/C20H12F3NO2/c21-20(22,23)13-6-8-14(9-7-13)24-19(25)18-11-16-15-4-2-1-3-12(15)5-10-17(16)26-18/h1-11H,(H,24,25). The van der Waals surface area contributed by atoms with E-state index in [-0.39, 0.29) is 11.4 Å². The van der Waals surface area contributed by atoms with Gasteiger partial charge in [0.15, 0.2) is 5.76 Å². The molecule has 0 bridgehead atoms. The first-order valence-corrected chi connectivity index (χ1v) is 7.82. The Bertz CT molecular complexity index is 1110. The number of hydrogen-bond donors (Lipinski definition) is 1. The summed E-state index contributed by atoms with van der Waals surface area (Å²) < 4.78 is 43.4. The monoisotopic (exact) mass is 355 g/mol. The number of nitrogens with one attached hydrogen (secondary N) is 1. The lowest BCUT2D eigenvalue weighted by Gasteiger charge is -2.08. The van der Waals surface area contributed by atoms with Gasteiger partial charge >= 0.3 is 6.18 Å². The highest BCUT2D eigenvalue weighted by Gasteiger charge is 2.30. The number of furan rings is 1. The molecule has 1 heterocycles. The maximum absolute atomic E-state index is 12.6. The Kier molecular flexibility index (Phi) is 3.68. The number of halogens is 3. The predicted octanol–water partition coefficient (Wildman–Crippen LogP) is 5.86. The molecular formula is C20H12F3NO2. The van der Waals surface area contributed by atoms with Crippen LogP contribution in [0.25, 0.3) is 21.7 Å². The summed E-state index contributed by atoms with van der Waals surface area (Å²) >= 11 is 0. The van der Waals surface area contributed by atoms with Gasteiger partial charge in [-0.25, -0.2) is 0 Å². The molecule has 3 aromatic carbocycles. The van der Waals surface area contributed by atoms with Crippen molar-refractivity contribution in [1.29, 1.82) is 0 Å². The summed E-state index contributed by atoms with van der Waals surface area (Å²) in [5.74, 6) is -0.429. The van der Waals surface area contributed by atoms with E-state index in [0.717, 1.165) is 28.3 Å². The van der Waals surface area contributed by atoms with Crippen molar-refractivity contribution in [3.05, 3.63) is 78.1 Å². The average molecular weight is 355 g/mol. The third-order valence-electron chi connectivity index (χ3n) is 4.12. The van der Waals surface area contributed by atoms with Crippen molar-refractivity contribution < 1.29 is 22.4 Å². The number of hydrogen-bond acceptors (Lipinski definition) is 2. The molecule has 4 aromatic rings. The molecule has 0 spiro atoms. The molecule has 0 aliphatic rings. The largest absolute Gasteiger partial charge is 0.451 e. The van der Waals surface area contributed by atoms with Crippen molar-refractivity contribution in [3.63, 3.8) is 0 Å². The smallest absolute Gasteiger partial charge is 0.416 e. The summed E-state index contributed by atoms with van der Waals surface area (Å²) in [7, 11) is 0. The molecule has 0 aliphatic heterocycles. The number of fused-ring (bicyclic) bond motifs is 3. The third kappa shape index (κ3) is 2.90.